The molecule has 7 aromatic carbocycles. The number of fused-ring (bicyclic) bond motifs is 2. The molecule has 5 heteroatoms. The zero-order valence-corrected chi connectivity index (χ0v) is 29.8. The minimum atomic E-state index is 0.617. The van der Waals surface area contributed by atoms with Gasteiger partial charge in [0.1, 0.15) is 5.65 Å². The summed E-state index contributed by atoms with van der Waals surface area (Å²) in [5.74, 6) is 1.88. The standard InChI is InChI=1S/C50H33N5/c1-4-16-36(17-5-1)46-47(55-30-13-12-25-45(55)51-46)37-28-26-34(27-29-37)40-31-41(44-24-14-22-35-15-10-11-23-43(35)44)33-42(32-40)50-53-48(38-18-6-2-7-19-38)52-49(54-50)39-20-8-3-9-21-39/h1-33H. The summed E-state index contributed by atoms with van der Waals surface area (Å²) >= 11 is 0. The number of nitrogens with zero attached hydrogens (tertiary/aromatic N) is 5. The van der Waals surface area contributed by atoms with Gasteiger partial charge in [-0.2, -0.15) is 0 Å². The molecule has 55 heavy (non-hydrogen) atoms. The smallest absolute Gasteiger partial charge is 0.164 e. The maximum absolute atomic E-state index is 5.11. The average molecular weight is 704 g/mol. The quantitative estimate of drug-likeness (QED) is 0.166. The van der Waals surface area contributed by atoms with Crippen LogP contribution in [0.4, 0.5) is 0 Å². The lowest BCUT2D eigenvalue weighted by atomic mass is 9.92. The van der Waals surface area contributed by atoms with Crippen molar-refractivity contribution in [1.29, 1.82) is 0 Å². The lowest BCUT2D eigenvalue weighted by Gasteiger charge is -2.14. The first kappa shape index (κ1) is 32.2. The summed E-state index contributed by atoms with van der Waals surface area (Å²) in [5, 5.41) is 2.38. The number of benzene rings is 7. The molecule has 0 unspecified atom stereocenters. The highest BCUT2D eigenvalue weighted by Gasteiger charge is 2.18. The molecule has 258 valence electrons. The predicted octanol–water partition coefficient (Wildman–Crippen LogP) is 12.3. The normalized spacial score (nSPS) is 11.3. The molecule has 0 aliphatic rings. The van der Waals surface area contributed by atoms with Gasteiger partial charge in [0.25, 0.3) is 0 Å². The van der Waals surface area contributed by atoms with Gasteiger partial charge < -0.3 is 0 Å². The van der Waals surface area contributed by atoms with Crippen LogP contribution < -0.4 is 0 Å². The molecule has 0 N–H and O–H groups in total. The van der Waals surface area contributed by atoms with Crippen LogP contribution in [0.25, 0.3) is 95.4 Å². The Morgan fingerprint density at radius 1 is 0.327 bits per heavy atom. The molecular formula is C50H33N5. The summed E-state index contributed by atoms with van der Waals surface area (Å²) in [7, 11) is 0. The van der Waals surface area contributed by atoms with Crippen molar-refractivity contribution in [3.8, 4) is 78.9 Å². The van der Waals surface area contributed by atoms with Crippen molar-refractivity contribution in [2.24, 2.45) is 0 Å². The van der Waals surface area contributed by atoms with Crippen LogP contribution in [0.3, 0.4) is 0 Å². The van der Waals surface area contributed by atoms with E-state index in [0.29, 0.717) is 17.5 Å². The third kappa shape index (κ3) is 6.14. The minimum Gasteiger partial charge on any atom is -0.299 e. The van der Waals surface area contributed by atoms with E-state index in [2.05, 4.69) is 132 Å². The van der Waals surface area contributed by atoms with Crippen LogP contribution in [0.5, 0.6) is 0 Å². The third-order valence-electron chi connectivity index (χ3n) is 10.1. The fraction of sp³-hybridized carbons (Fsp3) is 0. The van der Waals surface area contributed by atoms with Crippen molar-refractivity contribution in [3.63, 3.8) is 0 Å². The van der Waals surface area contributed by atoms with E-state index in [1.807, 2.05) is 72.8 Å². The van der Waals surface area contributed by atoms with Gasteiger partial charge in [-0.1, -0.05) is 164 Å². The molecule has 0 amide bonds. The van der Waals surface area contributed by atoms with Crippen molar-refractivity contribution in [2.45, 2.75) is 0 Å². The van der Waals surface area contributed by atoms with Gasteiger partial charge in [0.05, 0.1) is 11.4 Å². The van der Waals surface area contributed by atoms with Gasteiger partial charge in [-0.05, 0) is 63.4 Å². The second-order valence-corrected chi connectivity index (χ2v) is 13.5. The third-order valence-corrected chi connectivity index (χ3v) is 10.1. The molecule has 0 aliphatic carbocycles. The van der Waals surface area contributed by atoms with Crippen LogP contribution in [-0.4, -0.2) is 24.3 Å². The van der Waals surface area contributed by atoms with Crippen molar-refractivity contribution >= 4 is 16.4 Å². The Morgan fingerprint density at radius 2 is 0.855 bits per heavy atom. The zero-order valence-electron chi connectivity index (χ0n) is 29.8. The number of hydrogen-bond acceptors (Lipinski definition) is 4. The highest BCUT2D eigenvalue weighted by atomic mass is 15.0. The Bertz CT molecular complexity index is 2890. The maximum Gasteiger partial charge on any atom is 0.164 e. The fourth-order valence-corrected chi connectivity index (χ4v) is 7.38. The Balaban J connectivity index is 1.16. The van der Waals surface area contributed by atoms with Crippen molar-refractivity contribution in [2.75, 3.05) is 0 Å². The second kappa shape index (κ2) is 13.8. The van der Waals surface area contributed by atoms with Gasteiger partial charge in [-0.15, -0.1) is 0 Å². The molecule has 0 aliphatic heterocycles. The van der Waals surface area contributed by atoms with Gasteiger partial charge in [-0.25, -0.2) is 19.9 Å². The molecule has 5 nitrogen and oxygen atoms in total. The first-order valence-electron chi connectivity index (χ1n) is 18.4. The first-order valence-corrected chi connectivity index (χ1v) is 18.4. The highest BCUT2D eigenvalue weighted by molar-refractivity contribution is 5.98. The summed E-state index contributed by atoms with van der Waals surface area (Å²) in [5.41, 5.74) is 12.3. The highest BCUT2D eigenvalue weighted by Crippen LogP contribution is 2.38. The molecule has 0 bridgehead atoms. The fourth-order valence-electron chi connectivity index (χ4n) is 7.38. The summed E-state index contributed by atoms with van der Waals surface area (Å²) < 4.78 is 2.17. The van der Waals surface area contributed by atoms with E-state index in [1.54, 1.807) is 0 Å². The SMILES string of the molecule is c1ccc(-c2nc(-c3ccccc3)nc(-c3cc(-c4ccc(-c5c(-c6ccccc6)nc6ccccn56)cc4)cc(-c4cccc5ccccc45)c3)n2)cc1. The molecule has 0 saturated carbocycles. The molecule has 3 heterocycles. The van der Waals surface area contributed by atoms with Gasteiger partial charge in [0, 0.05) is 34.0 Å². The minimum absolute atomic E-state index is 0.617. The Labute approximate surface area is 319 Å². The van der Waals surface area contributed by atoms with Crippen molar-refractivity contribution in [3.05, 3.63) is 200 Å². The monoisotopic (exact) mass is 703 g/mol. The van der Waals surface area contributed by atoms with Gasteiger partial charge in [0.2, 0.25) is 0 Å². The molecule has 0 radical (unpaired) electrons. The van der Waals surface area contributed by atoms with Crippen LogP contribution in [0.15, 0.2) is 200 Å². The maximum atomic E-state index is 5.11. The summed E-state index contributed by atoms with van der Waals surface area (Å²) in [6, 6.07) is 67.3. The topological polar surface area (TPSA) is 56.0 Å². The number of pyridine rings is 1. The summed E-state index contributed by atoms with van der Waals surface area (Å²) in [4.78, 5) is 20.2. The van der Waals surface area contributed by atoms with E-state index in [9.17, 15) is 0 Å². The molecule has 3 aromatic heterocycles. The van der Waals surface area contributed by atoms with Crippen molar-refractivity contribution < 1.29 is 0 Å². The van der Waals surface area contributed by atoms with E-state index in [1.165, 1.54) is 10.8 Å². The molecule has 10 aromatic rings. The van der Waals surface area contributed by atoms with E-state index in [4.69, 9.17) is 19.9 Å². The summed E-state index contributed by atoms with van der Waals surface area (Å²) in [6.07, 6.45) is 2.08. The Kier molecular flexibility index (Phi) is 8.08. The van der Waals surface area contributed by atoms with Crippen LogP contribution in [0.1, 0.15) is 0 Å². The number of hydrogen-bond donors (Lipinski definition) is 0. The van der Waals surface area contributed by atoms with Crippen LogP contribution in [-0.2, 0) is 0 Å². The van der Waals surface area contributed by atoms with Crippen LogP contribution >= 0.6 is 0 Å². The van der Waals surface area contributed by atoms with E-state index in [-0.39, 0.29) is 0 Å². The molecular weight excluding hydrogens is 671 g/mol. The molecule has 10 rings (SSSR count). The van der Waals surface area contributed by atoms with Gasteiger partial charge in [0.15, 0.2) is 17.5 Å². The molecule has 0 fully saturated rings. The number of rotatable bonds is 7. The van der Waals surface area contributed by atoms with E-state index < -0.39 is 0 Å². The molecule has 0 atom stereocenters. The van der Waals surface area contributed by atoms with Gasteiger partial charge in [-0.3, -0.25) is 4.40 Å². The molecule has 0 spiro atoms. The largest absolute Gasteiger partial charge is 0.299 e. The first-order chi connectivity index (χ1) is 27.2. The van der Waals surface area contributed by atoms with Crippen LogP contribution in [0.2, 0.25) is 0 Å². The number of aromatic nitrogens is 5. The average Bonchev–Trinajstić information content (AvgIpc) is 3.67. The van der Waals surface area contributed by atoms with E-state index in [0.717, 1.165) is 67.1 Å². The lowest BCUT2D eigenvalue weighted by molar-refractivity contribution is 1.07. The van der Waals surface area contributed by atoms with Crippen molar-refractivity contribution in [1.82, 2.24) is 24.3 Å². The van der Waals surface area contributed by atoms with Gasteiger partial charge >= 0.3 is 0 Å². The Hall–Kier alpha value is -7.50. The number of imidazole rings is 1. The van der Waals surface area contributed by atoms with Crippen LogP contribution in [0, 0.1) is 0 Å². The van der Waals surface area contributed by atoms with E-state index >= 15 is 0 Å². The Morgan fingerprint density at radius 3 is 1.55 bits per heavy atom. The lowest BCUT2D eigenvalue weighted by Crippen LogP contribution is -2.00. The molecule has 0 saturated heterocycles. The second-order valence-electron chi connectivity index (χ2n) is 13.5. The zero-order chi connectivity index (χ0) is 36.6. The predicted molar refractivity (Wildman–Crippen MR) is 224 cm³/mol. The summed E-state index contributed by atoms with van der Waals surface area (Å²) in [6.45, 7) is 0.